The van der Waals surface area contributed by atoms with Gasteiger partial charge in [0.1, 0.15) is 0 Å². The number of halogens is 1. The number of carbonyl (C=O) groups is 1. The summed E-state index contributed by atoms with van der Waals surface area (Å²) in [6, 6.07) is 6.25. The fraction of sp³-hybridized carbons (Fsp3) is 0.611. The van der Waals surface area contributed by atoms with Gasteiger partial charge in [-0.05, 0) is 63.1 Å². The van der Waals surface area contributed by atoms with Gasteiger partial charge in [-0.3, -0.25) is 4.79 Å². The standard InChI is InChI=1S/C18H24FNO3S/c1-13-4-3-5-15(12-13)24(22,23)18(19)8-6-14(7-9-18)20-16(21)17(2)10-11-17/h3-5,12,14H,6-11H2,1-2H3,(H,20,21). The van der Waals surface area contributed by atoms with E-state index >= 15 is 4.39 Å². The predicted molar refractivity (Wildman–Crippen MR) is 89.9 cm³/mol. The summed E-state index contributed by atoms with van der Waals surface area (Å²) in [5.41, 5.74) is 0.524. The summed E-state index contributed by atoms with van der Waals surface area (Å²) >= 11 is 0. The van der Waals surface area contributed by atoms with E-state index in [1.807, 2.05) is 6.92 Å². The van der Waals surface area contributed by atoms with Crippen molar-refractivity contribution < 1.29 is 17.6 Å². The van der Waals surface area contributed by atoms with Crippen LogP contribution >= 0.6 is 0 Å². The molecule has 0 saturated heterocycles. The smallest absolute Gasteiger partial charge is 0.226 e. The van der Waals surface area contributed by atoms with Crippen LogP contribution in [0, 0.1) is 12.3 Å². The van der Waals surface area contributed by atoms with Gasteiger partial charge < -0.3 is 5.32 Å². The largest absolute Gasteiger partial charge is 0.353 e. The van der Waals surface area contributed by atoms with Crippen LogP contribution in [0.4, 0.5) is 4.39 Å². The number of rotatable bonds is 4. The second-order valence-corrected chi connectivity index (χ2v) is 9.72. The highest BCUT2D eigenvalue weighted by molar-refractivity contribution is 7.92. The molecule has 0 radical (unpaired) electrons. The summed E-state index contributed by atoms with van der Waals surface area (Å²) in [6.07, 6.45) is 2.32. The summed E-state index contributed by atoms with van der Waals surface area (Å²) in [6.45, 7) is 3.71. The quantitative estimate of drug-likeness (QED) is 0.903. The van der Waals surface area contributed by atoms with Crippen LogP contribution < -0.4 is 5.32 Å². The van der Waals surface area contributed by atoms with Crippen molar-refractivity contribution in [2.45, 2.75) is 68.3 Å². The first kappa shape index (κ1) is 17.4. The van der Waals surface area contributed by atoms with Gasteiger partial charge in [0.05, 0.1) is 4.90 Å². The van der Waals surface area contributed by atoms with Crippen molar-refractivity contribution >= 4 is 15.7 Å². The molecule has 0 heterocycles. The summed E-state index contributed by atoms with van der Waals surface area (Å²) in [4.78, 5) is 12.1. The fourth-order valence-electron chi connectivity index (χ4n) is 3.23. The maximum absolute atomic E-state index is 15.2. The summed E-state index contributed by atoms with van der Waals surface area (Å²) in [7, 11) is -4.03. The highest BCUT2D eigenvalue weighted by Crippen LogP contribution is 2.46. The van der Waals surface area contributed by atoms with E-state index in [2.05, 4.69) is 5.32 Å². The second kappa shape index (κ2) is 5.83. The molecule has 0 atom stereocenters. The van der Waals surface area contributed by atoms with Crippen LogP contribution in [0.2, 0.25) is 0 Å². The molecule has 2 saturated carbocycles. The normalized spacial score (nSPS) is 29.0. The Hall–Kier alpha value is -1.43. The second-order valence-electron chi connectivity index (χ2n) is 7.51. The van der Waals surface area contributed by atoms with Crippen LogP contribution in [0.25, 0.3) is 0 Å². The molecule has 3 rings (SSSR count). The number of amides is 1. The van der Waals surface area contributed by atoms with Crippen LogP contribution in [-0.4, -0.2) is 25.4 Å². The zero-order valence-corrected chi connectivity index (χ0v) is 15.0. The number of carbonyl (C=O) groups excluding carboxylic acids is 1. The van der Waals surface area contributed by atoms with Crippen LogP contribution in [0.5, 0.6) is 0 Å². The van der Waals surface area contributed by atoms with E-state index in [1.165, 1.54) is 12.1 Å². The summed E-state index contributed by atoms with van der Waals surface area (Å²) < 4.78 is 40.6. The Morgan fingerprint density at radius 1 is 1.21 bits per heavy atom. The van der Waals surface area contributed by atoms with Gasteiger partial charge in [0.15, 0.2) is 0 Å². The SMILES string of the molecule is Cc1cccc(S(=O)(=O)C2(F)CCC(NC(=O)C3(C)CC3)CC2)c1. The van der Waals surface area contributed by atoms with E-state index < -0.39 is 14.8 Å². The Balaban J connectivity index is 1.69. The molecule has 1 aromatic carbocycles. The fourth-order valence-corrected chi connectivity index (χ4v) is 5.02. The van der Waals surface area contributed by atoms with Gasteiger partial charge in [-0.2, -0.15) is 0 Å². The van der Waals surface area contributed by atoms with Gasteiger partial charge in [0.2, 0.25) is 20.7 Å². The molecule has 2 aliphatic carbocycles. The monoisotopic (exact) mass is 353 g/mol. The molecule has 0 bridgehead atoms. The third-order valence-electron chi connectivity index (χ3n) is 5.40. The maximum atomic E-state index is 15.2. The van der Waals surface area contributed by atoms with E-state index in [1.54, 1.807) is 19.1 Å². The van der Waals surface area contributed by atoms with Crippen molar-refractivity contribution in [3.8, 4) is 0 Å². The maximum Gasteiger partial charge on any atom is 0.226 e. The zero-order chi connectivity index (χ0) is 17.6. The number of alkyl halides is 1. The highest BCUT2D eigenvalue weighted by atomic mass is 32.2. The highest BCUT2D eigenvalue weighted by Gasteiger charge is 2.49. The van der Waals surface area contributed by atoms with Crippen LogP contribution in [0.15, 0.2) is 29.2 Å². The Morgan fingerprint density at radius 3 is 2.38 bits per heavy atom. The van der Waals surface area contributed by atoms with Crippen LogP contribution in [-0.2, 0) is 14.6 Å². The van der Waals surface area contributed by atoms with Gasteiger partial charge in [-0.15, -0.1) is 0 Å². The lowest BCUT2D eigenvalue weighted by Gasteiger charge is -2.34. The molecule has 2 aliphatic rings. The molecular weight excluding hydrogens is 329 g/mol. The molecule has 6 heteroatoms. The molecule has 1 aromatic rings. The Kier molecular flexibility index (Phi) is 4.22. The molecule has 0 spiro atoms. The average Bonchev–Trinajstić information content (AvgIpc) is 3.29. The lowest BCUT2D eigenvalue weighted by atomic mass is 9.92. The van der Waals surface area contributed by atoms with E-state index in [9.17, 15) is 13.2 Å². The Morgan fingerprint density at radius 2 is 1.83 bits per heavy atom. The van der Waals surface area contributed by atoms with Gasteiger partial charge in [-0.25, -0.2) is 12.8 Å². The van der Waals surface area contributed by atoms with Crippen LogP contribution in [0.3, 0.4) is 0 Å². The molecule has 0 unspecified atom stereocenters. The summed E-state index contributed by atoms with van der Waals surface area (Å²) in [5, 5.41) is 0.714. The number of hydrogen-bond acceptors (Lipinski definition) is 3. The molecule has 2 fully saturated rings. The van der Waals surface area contributed by atoms with Crippen molar-refractivity contribution in [1.29, 1.82) is 0 Å². The number of benzene rings is 1. The average molecular weight is 353 g/mol. The molecule has 1 N–H and O–H groups in total. The lowest BCUT2D eigenvalue weighted by Crippen LogP contribution is -2.46. The summed E-state index contributed by atoms with van der Waals surface area (Å²) in [5.74, 6) is 0.0143. The molecule has 0 aromatic heterocycles. The third kappa shape index (κ3) is 3.08. The molecular formula is C18H24FNO3S. The molecule has 132 valence electrons. The van der Waals surface area contributed by atoms with Crippen molar-refractivity contribution in [3.05, 3.63) is 29.8 Å². The molecule has 1 amide bonds. The van der Waals surface area contributed by atoms with Gasteiger partial charge in [0, 0.05) is 11.5 Å². The third-order valence-corrected chi connectivity index (χ3v) is 7.64. The van der Waals surface area contributed by atoms with Crippen molar-refractivity contribution in [1.82, 2.24) is 5.32 Å². The number of sulfone groups is 1. The number of hydrogen-bond donors (Lipinski definition) is 1. The predicted octanol–water partition coefficient (Wildman–Crippen LogP) is 3.29. The van der Waals surface area contributed by atoms with E-state index in [-0.39, 0.29) is 35.1 Å². The zero-order valence-electron chi connectivity index (χ0n) is 14.1. The van der Waals surface area contributed by atoms with Crippen molar-refractivity contribution in [2.24, 2.45) is 5.41 Å². The lowest BCUT2D eigenvalue weighted by molar-refractivity contribution is -0.126. The van der Waals surface area contributed by atoms with Crippen molar-refractivity contribution in [3.63, 3.8) is 0 Å². The van der Waals surface area contributed by atoms with Crippen molar-refractivity contribution in [2.75, 3.05) is 0 Å². The van der Waals surface area contributed by atoms with E-state index in [0.717, 1.165) is 18.4 Å². The molecule has 24 heavy (non-hydrogen) atoms. The first-order valence-corrected chi connectivity index (χ1v) is 9.96. The first-order valence-electron chi connectivity index (χ1n) is 8.48. The minimum absolute atomic E-state index is 0.0143. The van der Waals surface area contributed by atoms with Crippen LogP contribution in [0.1, 0.15) is 51.0 Å². The van der Waals surface area contributed by atoms with Gasteiger partial charge in [0.25, 0.3) is 0 Å². The van der Waals surface area contributed by atoms with E-state index in [4.69, 9.17) is 0 Å². The Labute approximate surface area is 142 Å². The topological polar surface area (TPSA) is 63.2 Å². The Bertz CT molecular complexity index is 747. The molecule has 0 aliphatic heterocycles. The minimum atomic E-state index is -4.03. The van der Waals surface area contributed by atoms with Gasteiger partial charge in [-0.1, -0.05) is 19.1 Å². The number of nitrogens with one attached hydrogen (secondary N) is 1. The van der Waals surface area contributed by atoms with Gasteiger partial charge >= 0.3 is 0 Å². The first-order chi connectivity index (χ1) is 11.2. The van der Waals surface area contributed by atoms with E-state index in [0.29, 0.717) is 12.8 Å². The molecule has 4 nitrogen and oxygen atoms in total. The number of aryl methyl sites for hydroxylation is 1. The minimum Gasteiger partial charge on any atom is -0.353 e.